The average Bonchev–Trinajstić information content (AvgIpc) is 3.12. The van der Waals surface area contributed by atoms with Crippen molar-refractivity contribution in [3.63, 3.8) is 0 Å². The van der Waals surface area contributed by atoms with E-state index in [0.717, 1.165) is 50.8 Å². The highest BCUT2D eigenvalue weighted by atomic mass is 16.5. The fourth-order valence-electron chi connectivity index (χ4n) is 6.06. The standard InChI is InChI=1S/C34H44N2O/c1-27-8-3-5-10-30(27)17-22-35-19-7-12-31-24-34(14-13-33(31)26-35)37-23-18-29-15-20-36(21-16-29)25-32-11-6-4-9-28(32)2/h3-6,8-11,13-14,24,29H,7,12,15-23,25-26H2,1-2H3. The molecule has 0 bridgehead atoms. The van der Waals surface area contributed by atoms with Crippen molar-refractivity contribution in [2.24, 2.45) is 5.92 Å². The van der Waals surface area contributed by atoms with E-state index in [2.05, 4.69) is 90.4 Å². The van der Waals surface area contributed by atoms with E-state index in [4.69, 9.17) is 4.74 Å². The van der Waals surface area contributed by atoms with Crippen LogP contribution in [-0.2, 0) is 25.9 Å². The van der Waals surface area contributed by atoms with Gasteiger partial charge in [0.15, 0.2) is 0 Å². The van der Waals surface area contributed by atoms with Crippen LogP contribution in [0.25, 0.3) is 0 Å². The Balaban J connectivity index is 1.05. The number of benzene rings is 3. The lowest BCUT2D eigenvalue weighted by molar-refractivity contribution is 0.157. The van der Waals surface area contributed by atoms with Crippen molar-refractivity contribution < 1.29 is 4.74 Å². The fraction of sp³-hybridized carbons (Fsp3) is 0.471. The van der Waals surface area contributed by atoms with Crippen molar-refractivity contribution >= 4 is 0 Å². The van der Waals surface area contributed by atoms with Crippen LogP contribution in [0.5, 0.6) is 5.75 Å². The predicted molar refractivity (Wildman–Crippen MR) is 154 cm³/mol. The molecule has 0 aliphatic carbocycles. The van der Waals surface area contributed by atoms with Crippen LogP contribution < -0.4 is 4.74 Å². The molecule has 3 heteroatoms. The van der Waals surface area contributed by atoms with Gasteiger partial charge in [0.25, 0.3) is 0 Å². The van der Waals surface area contributed by atoms with E-state index in [0.29, 0.717) is 0 Å². The summed E-state index contributed by atoms with van der Waals surface area (Å²) in [6.45, 7) is 12.2. The first-order valence-electron chi connectivity index (χ1n) is 14.4. The number of likely N-dealkylation sites (tertiary alicyclic amines) is 1. The molecule has 0 N–H and O–H groups in total. The molecular formula is C34H44N2O. The van der Waals surface area contributed by atoms with Crippen molar-refractivity contribution in [2.75, 3.05) is 32.8 Å². The van der Waals surface area contributed by atoms with Crippen LogP contribution in [0.15, 0.2) is 66.7 Å². The van der Waals surface area contributed by atoms with Gasteiger partial charge in [0.1, 0.15) is 5.75 Å². The highest BCUT2D eigenvalue weighted by Crippen LogP contribution is 2.26. The third-order valence-electron chi connectivity index (χ3n) is 8.61. The maximum Gasteiger partial charge on any atom is 0.119 e. The topological polar surface area (TPSA) is 15.7 Å². The number of nitrogens with zero attached hydrogens (tertiary/aromatic N) is 2. The molecule has 3 aromatic carbocycles. The van der Waals surface area contributed by atoms with Crippen LogP contribution in [-0.4, -0.2) is 42.6 Å². The minimum absolute atomic E-state index is 0.788. The molecular weight excluding hydrogens is 452 g/mol. The summed E-state index contributed by atoms with van der Waals surface area (Å²) in [6.07, 6.45) is 7.27. The Morgan fingerprint density at radius 1 is 0.784 bits per heavy atom. The van der Waals surface area contributed by atoms with Crippen molar-refractivity contribution in [1.82, 2.24) is 9.80 Å². The Hall–Kier alpha value is -2.62. The van der Waals surface area contributed by atoms with Gasteiger partial charge >= 0.3 is 0 Å². The lowest BCUT2D eigenvalue weighted by Crippen LogP contribution is -2.33. The average molecular weight is 497 g/mol. The van der Waals surface area contributed by atoms with Gasteiger partial charge in [0.2, 0.25) is 0 Å². The molecule has 0 unspecified atom stereocenters. The molecule has 5 rings (SSSR count). The number of fused-ring (bicyclic) bond motifs is 1. The lowest BCUT2D eigenvalue weighted by atomic mass is 9.93. The number of hydrogen-bond acceptors (Lipinski definition) is 3. The second-order valence-electron chi connectivity index (χ2n) is 11.3. The van der Waals surface area contributed by atoms with Gasteiger partial charge in [0, 0.05) is 19.6 Å². The minimum Gasteiger partial charge on any atom is -0.494 e. The molecule has 0 atom stereocenters. The predicted octanol–water partition coefficient (Wildman–Crippen LogP) is 6.98. The molecule has 0 radical (unpaired) electrons. The number of hydrogen-bond donors (Lipinski definition) is 0. The maximum atomic E-state index is 6.27. The second-order valence-corrected chi connectivity index (χ2v) is 11.3. The van der Waals surface area contributed by atoms with Crippen molar-refractivity contribution in [3.8, 4) is 5.75 Å². The van der Waals surface area contributed by atoms with E-state index in [-0.39, 0.29) is 0 Å². The summed E-state index contributed by atoms with van der Waals surface area (Å²) in [6, 6.07) is 24.5. The zero-order chi connectivity index (χ0) is 25.5. The summed E-state index contributed by atoms with van der Waals surface area (Å²) >= 11 is 0. The highest BCUT2D eigenvalue weighted by molar-refractivity contribution is 5.36. The Morgan fingerprint density at radius 3 is 2.27 bits per heavy atom. The molecule has 196 valence electrons. The molecule has 0 spiro atoms. The van der Waals surface area contributed by atoms with Crippen molar-refractivity contribution in [2.45, 2.75) is 65.5 Å². The summed E-state index contributed by atoms with van der Waals surface area (Å²) < 4.78 is 6.27. The van der Waals surface area contributed by atoms with E-state index in [1.807, 2.05) is 0 Å². The van der Waals surface area contributed by atoms with Gasteiger partial charge in [-0.05, 0) is 123 Å². The van der Waals surface area contributed by atoms with Crippen molar-refractivity contribution in [1.29, 1.82) is 0 Å². The van der Waals surface area contributed by atoms with Gasteiger partial charge in [-0.1, -0.05) is 54.6 Å². The summed E-state index contributed by atoms with van der Waals surface area (Å²) in [5.74, 6) is 1.85. The van der Waals surface area contributed by atoms with Gasteiger partial charge in [-0.2, -0.15) is 0 Å². The number of rotatable bonds is 9. The molecule has 37 heavy (non-hydrogen) atoms. The van der Waals surface area contributed by atoms with Crippen LogP contribution in [0.4, 0.5) is 0 Å². The van der Waals surface area contributed by atoms with Gasteiger partial charge in [-0.15, -0.1) is 0 Å². The first-order chi connectivity index (χ1) is 18.1. The quantitative estimate of drug-likeness (QED) is 0.318. The first-order valence-corrected chi connectivity index (χ1v) is 14.4. The number of aryl methyl sites for hydroxylation is 3. The molecule has 0 amide bonds. The molecule has 2 aliphatic heterocycles. The lowest BCUT2D eigenvalue weighted by Gasteiger charge is -2.32. The van der Waals surface area contributed by atoms with Crippen LogP contribution in [0.1, 0.15) is 59.1 Å². The van der Waals surface area contributed by atoms with Crippen LogP contribution in [0.3, 0.4) is 0 Å². The molecule has 3 aromatic rings. The first kappa shape index (κ1) is 26.0. The van der Waals surface area contributed by atoms with Crippen LogP contribution in [0.2, 0.25) is 0 Å². The van der Waals surface area contributed by atoms with Gasteiger partial charge in [-0.25, -0.2) is 0 Å². The van der Waals surface area contributed by atoms with Gasteiger partial charge in [0.05, 0.1) is 6.61 Å². The van der Waals surface area contributed by atoms with E-state index in [1.165, 1.54) is 78.7 Å². The second kappa shape index (κ2) is 12.8. The number of ether oxygens (including phenoxy) is 1. The molecule has 3 nitrogen and oxygen atoms in total. The Kier molecular flexibility index (Phi) is 8.97. The Bertz CT molecular complexity index is 1150. The van der Waals surface area contributed by atoms with E-state index in [1.54, 1.807) is 0 Å². The zero-order valence-electron chi connectivity index (χ0n) is 22.9. The molecule has 1 saturated heterocycles. The summed E-state index contributed by atoms with van der Waals surface area (Å²) in [5, 5.41) is 0. The van der Waals surface area contributed by atoms with Crippen LogP contribution >= 0.6 is 0 Å². The third-order valence-corrected chi connectivity index (χ3v) is 8.61. The summed E-state index contributed by atoms with van der Waals surface area (Å²) in [7, 11) is 0. The van der Waals surface area contributed by atoms with E-state index in [9.17, 15) is 0 Å². The molecule has 2 aliphatic rings. The molecule has 0 saturated carbocycles. The molecule has 0 aromatic heterocycles. The zero-order valence-corrected chi connectivity index (χ0v) is 22.9. The van der Waals surface area contributed by atoms with E-state index >= 15 is 0 Å². The summed E-state index contributed by atoms with van der Waals surface area (Å²) in [5.41, 5.74) is 8.74. The normalized spacial score (nSPS) is 17.4. The highest BCUT2D eigenvalue weighted by Gasteiger charge is 2.20. The fourth-order valence-corrected chi connectivity index (χ4v) is 6.06. The molecule has 2 heterocycles. The Morgan fingerprint density at radius 2 is 1.51 bits per heavy atom. The minimum atomic E-state index is 0.788. The third kappa shape index (κ3) is 7.24. The van der Waals surface area contributed by atoms with Gasteiger partial charge < -0.3 is 4.74 Å². The van der Waals surface area contributed by atoms with Crippen molar-refractivity contribution in [3.05, 3.63) is 100 Å². The van der Waals surface area contributed by atoms with E-state index < -0.39 is 0 Å². The summed E-state index contributed by atoms with van der Waals surface area (Å²) in [4.78, 5) is 5.25. The van der Waals surface area contributed by atoms with Crippen LogP contribution in [0, 0.1) is 19.8 Å². The Labute approximate surface area is 224 Å². The smallest absolute Gasteiger partial charge is 0.119 e. The van der Waals surface area contributed by atoms with Gasteiger partial charge in [-0.3, -0.25) is 9.80 Å². The molecule has 1 fully saturated rings. The SMILES string of the molecule is Cc1ccccc1CCN1CCCc2cc(OCCC3CCN(Cc4ccccc4C)CC3)ccc2C1. The largest absolute Gasteiger partial charge is 0.494 e. The maximum absolute atomic E-state index is 6.27. The number of piperidine rings is 1. The monoisotopic (exact) mass is 496 g/mol.